The third-order valence-electron chi connectivity index (χ3n) is 5.60. The Morgan fingerprint density at radius 3 is 2.93 bits per heavy atom. The number of carbonyl (C=O) groups is 1. The van der Waals surface area contributed by atoms with Gasteiger partial charge in [0.25, 0.3) is 0 Å². The van der Waals surface area contributed by atoms with Crippen LogP contribution in [0.15, 0.2) is 60.0 Å². The minimum Gasteiger partial charge on any atom is -0.497 e. The minimum atomic E-state index is -0.157. The summed E-state index contributed by atoms with van der Waals surface area (Å²) >= 11 is 0. The highest BCUT2D eigenvalue weighted by Gasteiger charge is 2.29. The fraction of sp³-hybridized carbons (Fsp3) is 0.174. The molecule has 1 aromatic heterocycles. The van der Waals surface area contributed by atoms with E-state index in [1.807, 2.05) is 42.7 Å². The summed E-state index contributed by atoms with van der Waals surface area (Å²) in [6, 6.07) is 14.1. The van der Waals surface area contributed by atoms with Crippen LogP contribution in [0.3, 0.4) is 0 Å². The summed E-state index contributed by atoms with van der Waals surface area (Å²) in [4.78, 5) is 17.4. The summed E-state index contributed by atoms with van der Waals surface area (Å²) in [5.41, 5.74) is 6.22. The van der Waals surface area contributed by atoms with Gasteiger partial charge < -0.3 is 10.1 Å². The maximum absolute atomic E-state index is 12.9. The van der Waals surface area contributed by atoms with Crippen LogP contribution in [0.4, 0.5) is 5.82 Å². The van der Waals surface area contributed by atoms with Gasteiger partial charge in [0, 0.05) is 11.6 Å². The number of allylic oxidation sites excluding steroid dienone is 1. The molecule has 0 spiro atoms. The van der Waals surface area contributed by atoms with Gasteiger partial charge in [-0.05, 0) is 59.2 Å². The Morgan fingerprint density at radius 2 is 2.10 bits per heavy atom. The molecule has 3 aromatic rings. The summed E-state index contributed by atoms with van der Waals surface area (Å²) in [5, 5.41) is 9.20. The Hall–Kier alpha value is -3.51. The number of hydrogen-bond acceptors (Lipinski definition) is 4. The Labute approximate surface area is 168 Å². The third kappa shape index (κ3) is 3.28. The first-order chi connectivity index (χ1) is 14.2. The topological polar surface area (TPSA) is 80.2 Å². The van der Waals surface area contributed by atoms with E-state index in [1.54, 1.807) is 18.7 Å². The van der Waals surface area contributed by atoms with Crippen LogP contribution >= 0.6 is 0 Å². The van der Waals surface area contributed by atoms with Gasteiger partial charge in [0.2, 0.25) is 5.91 Å². The van der Waals surface area contributed by atoms with E-state index in [-0.39, 0.29) is 11.8 Å². The first-order valence-corrected chi connectivity index (χ1v) is 9.66. The number of nitrogens with one attached hydrogen (secondary N) is 1. The highest BCUT2D eigenvalue weighted by Crippen LogP contribution is 2.36. The Balaban J connectivity index is 1.39. The molecule has 0 radical (unpaired) electrons. The second-order valence-electron chi connectivity index (χ2n) is 7.33. The number of amides is 1. The van der Waals surface area contributed by atoms with E-state index in [9.17, 15) is 4.79 Å². The molecule has 0 bridgehead atoms. The second-order valence-corrected chi connectivity index (χ2v) is 7.33. The van der Waals surface area contributed by atoms with Crippen molar-refractivity contribution in [3.05, 3.63) is 71.6 Å². The van der Waals surface area contributed by atoms with Crippen molar-refractivity contribution in [2.75, 3.05) is 12.4 Å². The lowest BCUT2D eigenvalue weighted by atomic mass is 10.00. The maximum atomic E-state index is 12.9. The average Bonchev–Trinajstić information content (AvgIpc) is 3.42. The highest BCUT2D eigenvalue weighted by atomic mass is 16.5. The van der Waals surface area contributed by atoms with Gasteiger partial charge in [0.05, 0.1) is 24.8 Å². The SMILES string of the molecule is COc1ccc2c(c1)CCC2C(=O)Nc1cc2cc(C3=C[NH2+]N=C3)ccc2cn1. The molecule has 1 amide bonds. The molecule has 0 fully saturated rings. The van der Waals surface area contributed by atoms with Gasteiger partial charge in [-0.3, -0.25) is 4.79 Å². The highest BCUT2D eigenvalue weighted by molar-refractivity contribution is 6.11. The number of quaternary nitrogens is 1. The van der Waals surface area contributed by atoms with Crippen molar-refractivity contribution in [3.8, 4) is 5.75 Å². The Bertz CT molecular complexity index is 1180. The number of hydrogen-bond donors (Lipinski definition) is 2. The van der Waals surface area contributed by atoms with Crippen molar-refractivity contribution in [3.63, 3.8) is 0 Å². The molecule has 1 atom stereocenters. The van der Waals surface area contributed by atoms with Crippen molar-refractivity contribution in [1.29, 1.82) is 0 Å². The molecule has 3 N–H and O–H groups in total. The maximum Gasteiger partial charge on any atom is 0.233 e. The Morgan fingerprint density at radius 1 is 1.17 bits per heavy atom. The number of nitrogens with two attached hydrogens (primary N) is 1. The zero-order valence-electron chi connectivity index (χ0n) is 16.1. The number of methoxy groups -OCH3 is 1. The molecule has 6 nitrogen and oxygen atoms in total. The molecule has 144 valence electrons. The lowest BCUT2D eigenvalue weighted by Gasteiger charge is -2.13. The number of aryl methyl sites for hydroxylation is 1. The number of carbonyl (C=O) groups excluding carboxylic acids is 1. The molecule has 0 saturated heterocycles. The van der Waals surface area contributed by atoms with Crippen LogP contribution in [-0.2, 0) is 11.2 Å². The second kappa shape index (κ2) is 7.14. The van der Waals surface area contributed by atoms with Crippen LogP contribution in [0, 0.1) is 0 Å². The normalized spacial score (nSPS) is 17.3. The standard InChI is InChI=1S/C23H20N4O2/c1-29-19-5-7-20-15(9-19)4-6-21(20)23(28)27-22-10-17-8-14(18-12-25-26-13-18)2-3-16(17)11-24-22/h2-3,5,7-13,21H,4,6H2,1H3,(H,25,26)(H,24,27,28)/p+1. The lowest BCUT2D eigenvalue weighted by molar-refractivity contribution is -0.589. The van der Waals surface area contributed by atoms with Crippen molar-refractivity contribution in [1.82, 2.24) is 4.98 Å². The predicted molar refractivity (Wildman–Crippen MR) is 113 cm³/mol. The predicted octanol–water partition coefficient (Wildman–Crippen LogP) is 2.82. The molecule has 1 aliphatic carbocycles. The number of anilines is 1. The molecule has 5 rings (SSSR count). The van der Waals surface area contributed by atoms with Gasteiger partial charge in [0.1, 0.15) is 17.8 Å². The molecule has 1 aliphatic heterocycles. The first-order valence-electron chi connectivity index (χ1n) is 9.66. The molecular weight excluding hydrogens is 364 g/mol. The van der Waals surface area contributed by atoms with Crippen LogP contribution in [0.2, 0.25) is 0 Å². The fourth-order valence-corrected chi connectivity index (χ4v) is 4.06. The van der Waals surface area contributed by atoms with E-state index >= 15 is 0 Å². The van der Waals surface area contributed by atoms with E-state index in [0.717, 1.165) is 46.1 Å². The summed E-state index contributed by atoms with van der Waals surface area (Å²) in [5.74, 6) is 1.23. The number of aromatic nitrogens is 1. The van der Waals surface area contributed by atoms with Gasteiger partial charge in [-0.1, -0.05) is 23.3 Å². The average molecular weight is 385 g/mol. The van der Waals surface area contributed by atoms with Gasteiger partial charge >= 0.3 is 0 Å². The summed E-state index contributed by atoms with van der Waals surface area (Å²) in [6.07, 6.45) is 7.31. The molecule has 0 saturated carbocycles. The van der Waals surface area contributed by atoms with Crippen LogP contribution in [0.5, 0.6) is 5.75 Å². The number of fused-ring (bicyclic) bond motifs is 2. The molecule has 29 heavy (non-hydrogen) atoms. The van der Waals surface area contributed by atoms with Crippen LogP contribution in [-0.4, -0.2) is 24.2 Å². The monoisotopic (exact) mass is 385 g/mol. The number of pyridine rings is 1. The number of ether oxygens (including phenoxy) is 1. The van der Waals surface area contributed by atoms with Crippen molar-refractivity contribution >= 4 is 34.3 Å². The smallest absolute Gasteiger partial charge is 0.233 e. The fourth-order valence-electron chi connectivity index (χ4n) is 4.06. The summed E-state index contributed by atoms with van der Waals surface area (Å²) in [7, 11) is 1.66. The molecule has 1 unspecified atom stereocenters. The zero-order valence-corrected chi connectivity index (χ0v) is 16.1. The van der Waals surface area contributed by atoms with E-state index in [1.165, 1.54) is 5.56 Å². The lowest BCUT2D eigenvalue weighted by Crippen LogP contribution is -2.69. The van der Waals surface area contributed by atoms with E-state index in [2.05, 4.69) is 27.5 Å². The summed E-state index contributed by atoms with van der Waals surface area (Å²) in [6.45, 7) is 0. The van der Waals surface area contributed by atoms with Crippen molar-refractivity contribution in [2.45, 2.75) is 18.8 Å². The molecule has 2 heterocycles. The molecule has 2 aliphatic rings. The van der Waals surface area contributed by atoms with Gasteiger partial charge in [0.15, 0.2) is 0 Å². The Kier molecular flexibility index (Phi) is 4.33. The number of nitrogens with zero attached hydrogens (tertiary/aromatic N) is 2. The molecule has 6 heteroatoms. The minimum absolute atomic E-state index is 0.0165. The van der Waals surface area contributed by atoms with E-state index in [0.29, 0.717) is 5.82 Å². The molecular formula is C23H21N4O2+. The first kappa shape index (κ1) is 17.6. The van der Waals surface area contributed by atoms with Crippen LogP contribution < -0.4 is 15.5 Å². The van der Waals surface area contributed by atoms with Crippen LogP contribution in [0.1, 0.15) is 29.0 Å². The third-order valence-corrected chi connectivity index (χ3v) is 5.60. The van der Waals surface area contributed by atoms with Crippen molar-refractivity contribution < 1.29 is 15.0 Å². The molecule has 2 aromatic carbocycles. The van der Waals surface area contributed by atoms with E-state index in [4.69, 9.17) is 4.74 Å². The number of benzene rings is 2. The van der Waals surface area contributed by atoms with Crippen LogP contribution in [0.25, 0.3) is 16.3 Å². The van der Waals surface area contributed by atoms with Gasteiger partial charge in [-0.15, -0.1) is 0 Å². The quantitative estimate of drug-likeness (QED) is 0.678. The van der Waals surface area contributed by atoms with Gasteiger partial charge in [-0.2, -0.15) is 5.43 Å². The largest absolute Gasteiger partial charge is 0.497 e. The van der Waals surface area contributed by atoms with Crippen molar-refractivity contribution in [2.24, 2.45) is 5.10 Å². The zero-order chi connectivity index (χ0) is 19.8. The van der Waals surface area contributed by atoms with Gasteiger partial charge in [-0.25, -0.2) is 4.98 Å². The summed E-state index contributed by atoms with van der Waals surface area (Å²) < 4.78 is 5.29. The number of rotatable bonds is 4. The van der Waals surface area contributed by atoms with E-state index < -0.39 is 0 Å².